The molecule has 0 fully saturated rings. The van der Waals surface area contributed by atoms with Crippen molar-refractivity contribution in [3.05, 3.63) is 12.2 Å². The summed E-state index contributed by atoms with van der Waals surface area (Å²) in [5, 5.41) is 0. The zero-order valence-electron chi connectivity index (χ0n) is 19.1. The van der Waals surface area contributed by atoms with E-state index in [1.165, 1.54) is 77.0 Å². The van der Waals surface area contributed by atoms with Crippen LogP contribution in [0, 0.1) is 0 Å². The number of carbonyl (C=O) groups excluding carboxylic acids is 1. The highest BCUT2D eigenvalue weighted by Crippen LogP contribution is 2.16. The second-order valence-corrected chi connectivity index (χ2v) is 8.96. The lowest BCUT2D eigenvalue weighted by atomic mass is 10.0. The third-order valence-corrected chi connectivity index (χ3v) is 5.17. The van der Waals surface area contributed by atoms with Crippen molar-refractivity contribution >= 4 is 5.97 Å². The molecule has 0 unspecified atom stereocenters. The lowest BCUT2D eigenvalue weighted by Gasteiger charge is -2.35. The van der Waals surface area contributed by atoms with Gasteiger partial charge in [0.05, 0.1) is 0 Å². The Kier molecular flexibility index (Phi) is 15.7. The third kappa shape index (κ3) is 15.9. The Hall–Kier alpha value is -0.830. The average molecular weight is 382 g/mol. The number of nitrogens with zero attached hydrogens (tertiary/aromatic N) is 1. The summed E-state index contributed by atoms with van der Waals surface area (Å²) in [4.78, 5) is 13.9. The molecule has 27 heavy (non-hydrogen) atoms. The molecule has 0 spiro atoms. The third-order valence-electron chi connectivity index (χ3n) is 5.17. The zero-order chi connectivity index (χ0) is 20.5. The van der Waals surface area contributed by atoms with E-state index in [4.69, 9.17) is 4.74 Å². The van der Waals surface area contributed by atoms with Crippen molar-refractivity contribution in [2.75, 3.05) is 19.7 Å². The van der Waals surface area contributed by atoms with Gasteiger partial charge < -0.3 is 4.74 Å². The molecule has 0 aromatic carbocycles. The van der Waals surface area contributed by atoms with Gasteiger partial charge in [0.2, 0.25) is 0 Å². The van der Waals surface area contributed by atoms with E-state index < -0.39 is 0 Å². The predicted octanol–water partition coefficient (Wildman–Crippen LogP) is 6.91. The normalized spacial score (nSPS) is 11.8. The first-order valence-electron chi connectivity index (χ1n) is 11.4. The van der Waals surface area contributed by atoms with Crippen LogP contribution in [0.4, 0.5) is 0 Å². The minimum absolute atomic E-state index is 0.105. The molecule has 0 aliphatic rings. The summed E-state index contributed by atoms with van der Waals surface area (Å²) in [5.41, 5.74) is 0.575. The molecule has 0 heterocycles. The van der Waals surface area contributed by atoms with Crippen molar-refractivity contribution in [2.45, 2.75) is 117 Å². The molecule has 0 aromatic heterocycles. The maximum Gasteiger partial charge on any atom is 0.333 e. The minimum atomic E-state index is -0.283. The van der Waals surface area contributed by atoms with E-state index in [0.717, 1.165) is 13.1 Å². The average Bonchev–Trinajstić information content (AvgIpc) is 2.59. The van der Waals surface area contributed by atoms with Crippen LogP contribution in [0.15, 0.2) is 12.2 Å². The Balaban J connectivity index is 3.71. The van der Waals surface area contributed by atoms with Crippen LogP contribution in [-0.2, 0) is 9.53 Å². The van der Waals surface area contributed by atoms with Gasteiger partial charge in [-0.1, -0.05) is 84.1 Å². The van der Waals surface area contributed by atoms with Gasteiger partial charge in [-0.2, -0.15) is 0 Å². The van der Waals surface area contributed by atoms with Crippen molar-refractivity contribution < 1.29 is 9.53 Å². The zero-order valence-corrected chi connectivity index (χ0v) is 19.1. The van der Waals surface area contributed by atoms with Gasteiger partial charge in [-0.15, -0.1) is 0 Å². The fourth-order valence-electron chi connectivity index (χ4n) is 3.30. The van der Waals surface area contributed by atoms with E-state index in [9.17, 15) is 4.79 Å². The molecule has 0 bridgehead atoms. The van der Waals surface area contributed by atoms with Crippen molar-refractivity contribution in [2.24, 2.45) is 0 Å². The number of carbonyl (C=O) groups is 1. The smallest absolute Gasteiger partial charge is 0.333 e. The summed E-state index contributed by atoms with van der Waals surface area (Å²) in [6.07, 6.45) is 16.5. The van der Waals surface area contributed by atoms with Crippen LogP contribution in [0.1, 0.15) is 112 Å². The number of hydrogen-bond acceptors (Lipinski definition) is 3. The molecule has 0 saturated heterocycles. The Morgan fingerprint density at radius 2 is 1.26 bits per heavy atom. The summed E-state index contributed by atoms with van der Waals surface area (Å²) in [6, 6.07) is 0. The first kappa shape index (κ1) is 26.2. The van der Waals surface area contributed by atoms with Crippen LogP contribution in [0.2, 0.25) is 0 Å². The molecule has 0 aliphatic carbocycles. The number of esters is 1. The van der Waals surface area contributed by atoms with Crippen molar-refractivity contribution in [1.29, 1.82) is 0 Å². The molecule has 3 nitrogen and oxygen atoms in total. The van der Waals surface area contributed by atoms with Crippen molar-refractivity contribution in [3.8, 4) is 0 Å². The summed E-state index contributed by atoms with van der Waals surface area (Å²) in [7, 11) is 0. The Labute approximate surface area is 169 Å². The van der Waals surface area contributed by atoms with Gasteiger partial charge in [0, 0.05) is 17.7 Å². The molecule has 3 heteroatoms. The van der Waals surface area contributed by atoms with Crippen molar-refractivity contribution in [3.63, 3.8) is 0 Å². The largest absolute Gasteiger partial charge is 0.461 e. The second kappa shape index (κ2) is 16.2. The quantitative estimate of drug-likeness (QED) is 0.156. The molecule has 0 aliphatic heterocycles. The van der Waals surface area contributed by atoms with Crippen LogP contribution >= 0.6 is 0 Å². The fourth-order valence-corrected chi connectivity index (χ4v) is 3.30. The second-order valence-electron chi connectivity index (χ2n) is 8.96. The number of ether oxygens (including phenoxy) is 1. The highest BCUT2D eigenvalue weighted by Gasteiger charge is 2.20. The molecule has 0 saturated carbocycles. The highest BCUT2D eigenvalue weighted by atomic mass is 16.5. The number of unbranched alkanes of at least 4 members (excludes halogenated alkanes) is 11. The molecular formula is C24H47NO2. The van der Waals surface area contributed by atoms with E-state index in [1.54, 1.807) is 6.92 Å². The molecule has 160 valence electrons. The predicted molar refractivity (Wildman–Crippen MR) is 118 cm³/mol. The van der Waals surface area contributed by atoms with E-state index in [1.807, 2.05) is 0 Å². The van der Waals surface area contributed by atoms with Crippen LogP contribution in [-0.4, -0.2) is 36.1 Å². The SMILES string of the molecule is C=C(C)C(=O)OCCN(CCCCCCCCCCCCCC)C(C)(C)C. The maximum absolute atomic E-state index is 11.5. The minimum Gasteiger partial charge on any atom is -0.461 e. The van der Waals surface area contributed by atoms with E-state index in [2.05, 4.69) is 39.2 Å². The van der Waals surface area contributed by atoms with Gasteiger partial charge in [-0.25, -0.2) is 4.79 Å². The monoisotopic (exact) mass is 381 g/mol. The van der Waals surface area contributed by atoms with Crippen LogP contribution in [0.25, 0.3) is 0 Å². The van der Waals surface area contributed by atoms with Gasteiger partial charge in [-0.3, -0.25) is 4.90 Å². The molecule has 0 radical (unpaired) electrons. The van der Waals surface area contributed by atoms with Gasteiger partial charge in [-0.05, 0) is 40.7 Å². The topological polar surface area (TPSA) is 29.5 Å². The van der Waals surface area contributed by atoms with Gasteiger partial charge >= 0.3 is 5.97 Å². The number of rotatable bonds is 17. The maximum atomic E-state index is 11.5. The standard InChI is InChI=1S/C24H47NO2/c1-7-8-9-10-11-12-13-14-15-16-17-18-19-25(24(4,5)6)20-21-27-23(26)22(2)3/h2,7-21H2,1,3-6H3. The summed E-state index contributed by atoms with van der Waals surface area (Å²) < 4.78 is 5.26. The van der Waals surface area contributed by atoms with Gasteiger partial charge in [0.15, 0.2) is 0 Å². The van der Waals surface area contributed by atoms with E-state index in [-0.39, 0.29) is 11.5 Å². The number of hydrogen-bond donors (Lipinski definition) is 0. The first-order chi connectivity index (χ1) is 12.8. The Morgan fingerprint density at radius 1 is 0.815 bits per heavy atom. The summed E-state index contributed by atoms with van der Waals surface area (Å²) in [5.74, 6) is -0.283. The van der Waals surface area contributed by atoms with Crippen molar-refractivity contribution in [1.82, 2.24) is 4.90 Å². The Morgan fingerprint density at radius 3 is 1.67 bits per heavy atom. The molecule has 0 atom stereocenters. The molecule has 0 amide bonds. The Bertz CT molecular complexity index is 384. The molecule has 0 N–H and O–H groups in total. The summed E-state index contributed by atoms with van der Waals surface area (Å²) >= 11 is 0. The molecule has 0 rings (SSSR count). The van der Waals surface area contributed by atoms with Gasteiger partial charge in [0.1, 0.15) is 6.61 Å². The lowest BCUT2D eigenvalue weighted by Crippen LogP contribution is -2.44. The van der Waals surface area contributed by atoms with Crippen LogP contribution in [0.5, 0.6) is 0 Å². The van der Waals surface area contributed by atoms with Crippen LogP contribution < -0.4 is 0 Å². The molecular weight excluding hydrogens is 334 g/mol. The molecule has 0 aromatic rings. The van der Waals surface area contributed by atoms with E-state index in [0.29, 0.717) is 12.2 Å². The lowest BCUT2D eigenvalue weighted by molar-refractivity contribution is -0.139. The first-order valence-corrected chi connectivity index (χ1v) is 11.4. The van der Waals surface area contributed by atoms with E-state index >= 15 is 0 Å². The fraction of sp³-hybridized carbons (Fsp3) is 0.875. The summed E-state index contributed by atoms with van der Waals surface area (Å²) in [6.45, 7) is 16.6. The van der Waals surface area contributed by atoms with Crippen LogP contribution in [0.3, 0.4) is 0 Å². The highest BCUT2D eigenvalue weighted by molar-refractivity contribution is 5.86. The van der Waals surface area contributed by atoms with Gasteiger partial charge in [0.25, 0.3) is 0 Å².